The van der Waals surface area contributed by atoms with Crippen LogP contribution in [0.2, 0.25) is 0 Å². The molecule has 6 nitrogen and oxygen atoms in total. The molecule has 7 heteroatoms. The van der Waals surface area contributed by atoms with Crippen LogP contribution in [0.4, 0.5) is 0 Å². The van der Waals surface area contributed by atoms with Crippen molar-refractivity contribution in [2.75, 3.05) is 46.4 Å². The Morgan fingerprint density at radius 2 is 1.56 bits per heavy atom. The van der Waals surface area contributed by atoms with E-state index in [1.165, 1.54) is 0 Å². The molecule has 0 radical (unpaired) electrons. The van der Waals surface area contributed by atoms with Crippen molar-refractivity contribution in [2.45, 2.75) is 12.8 Å². The van der Waals surface area contributed by atoms with Crippen LogP contribution in [0.25, 0.3) is 0 Å². The van der Waals surface area contributed by atoms with Crippen LogP contribution in [0, 0.1) is 5.92 Å². The highest BCUT2D eigenvalue weighted by Gasteiger charge is 2.29. The molecule has 2 heterocycles. The van der Waals surface area contributed by atoms with E-state index in [9.17, 15) is 9.59 Å². The maximum atomic E-state index is 12.6. The summed E-state index contributed by atoms with van der Waals surface area (Å²) < 4.78 is 5.12. The maximum Gasteiger partial charge on any atom is 0.253 e. The molecule has 2 saturated heterocycles. The van der Waals surface area contributed by atoms with E-state index in [0.29, 0.717) is 31.7 Å². The summed E-state index contributed by atoms with van der Waals surface area (Å²) in [5.74, 6) is 1.17. The van der Waals surface area contributed by atoms with E-state index in [0.717, 1.165) is 31.7 Å². The molecule has 0 atom stereocenters. The van der Waals surface area contributed by atoms with Gasteiger partial charge in [-0.15, -0.1) is 12.4 Å². The summed E-state index contributed by atoms with van der Waals surface area (Å²) in [6.07, 6.45) is 1.84. The molecule has 0 unspecified atom stereocenters. The zero-order valence-corrected chi connectivity index (χ0v) is 15.4. The number of nitrogens with one attached hydrogen (secondary N) is 1. The molecule has 0 spiro atoms. The highest BCUT2D eigenvalue weighted by molar-refractivity contribution is 5.94. The number of rotatable bonds is 3. The monoisotopic (exact) mass is 367 g/mol. The molecule has 1 aromatic carbocycles. The van der Waals surface area contributed by atoms with Crippen LogP contribution in [-0.4, -0.2) is 68.0 Å². The van der Waals surface area contributed by atoms with Gasteiger partial charge in [0.25, 0.3) is 5.91 Å². The minimum absolute atomic E-state index is 0. The number of hydrogen-bond donors (Lipinski definition) is 1. The van der Waals surface area contributed by atoms with Crippen molar-refractivity contribution < 1.29 is 14.3 Å². The third-order valence-electron chi connectivity index (χ3n) is 4.90. The van der Waals surface area contributed by atoms with Crippen LogP contribution in [0.15, 0.2) is 24.3 Å². The predicted molar refractivity (Wildman–Crippen MR) is 98.3 cm³/mol. The summed E-state index contributed by atoms with van der Waals surface area (Å²) in [5.41, 5.74) is 0.661. The number of piperazine rings is 1. The van der Waals surface area contributed by atoms with E-state index in [4.69, 9.17) is 4.74 Å². The van der Waals surface area contributed by atoms with Crippen LogP contribution in [0.5, 0.6) is 5.75 Å². The van der Waals surface area contributed by atoms with E-state index in [1.807, 2.05) is 9.80 Å². The number of hydrogen-bond acceptors (Lipinski definition) is 4. The van der Waals surface area contributed by atoms with Crippen LogP contribution >= 0.6 is 12.4 Å². The van der Waals surface area contributed by atoms with Gasteiger partial charge in [-0.1, -0.05) is 0 Å². The van der Waals surface area contributed by atoms with Gasteiger partial charge in [0.15, 0.2) is 0 Å². The fourth-order valence-corrected chi connectivity index (χ4v) is 3.37. The summed E-state index contributed by atoms with van der Waals surface area (Å²) >= 11 is 0. The molecule has 3 rings (SSSR count). The first-order chi connectivity index (χ1) is 11.7. The van der Waals surface area contributed by atoms with Gasteiger partial charge in [-0.3, -0.25) is 9.59 Å². The normalized spacial score (nSPS) is 18.4. The molecule has 2 fully saturated rings. The van der Waals surface area contributed by atoms with E-state index in [2.05, 4.69) is 5.32 Å². The van der Waals surface area contributed by atoms with Gasteiger partial charge in [0.05, 0.1) is 7.11 Å². The van der Waals surface area contributed by atoms with Crippen molar-refractivity contribution in [1.29, 1.82) is 0 Å². The van der Waals surface area contributed by atoms with Gasteiger partial charge in [-0.2, -0.15) is 0 Å². The third-order valence-corrected chi connectivity index (χ3v) is 4.90. The van der Waals surface area contributed by atoms with Crippen molar-refractivity contribution in [3.05, 3.63) is 29.8 Å². The molecule has 0 bridgehead atoms. The highest BCUT2D eigenvalue weighted by Crippen LogP contribution is 2.18. The summed E-state index contributed by atoms with van der Waals surface area (Å²) in [4.78, 5) is 28.9. The minimum Gasteiger partial charge on any atom is -0.497 e. The first-order valence-electron chi connectivity index (χ1n) is 8.62. The first kappa shape index (κ1) is 19.5. The standard InChI is InChI=1S/C18H25N3O3.ClH/c1-24-16-4-2-14(3-5-16)17(22)20-10-12-21(13-11-20)18(23)15-6-8-19-9-7-15;/h2-5,15,19H,6-13H2,1H3;1H. The van der Waals surface area contributed by atoms with Gasteiger partial charge in [0.1, 0.15) is 5.75 Å². The fourth-order valence-electron chi connectivity index (χ4n) is 3.37. The number of ether oxygens (including phenoxy) is 1. The number of benzene rings is 1. The van der Waals surface area contributed by atoms with Gasteiger partial charge in [0, 0.05) is 37.7 Å². The lowest BCUT2D eigenvalue weighted by Crippen LogP contribution is -2.52. The minimum atomic E-state index is 0. The number of carbonyl (C=O) groups is 2. The molecular formula is C18H26ClN3O3. The summed E-state index contributed by atoms with van der Waals surface area (Å²) in [6.45, 7) is 4.30. The fraction of sp³-hybridized carbons (Fsp3) is 0.556. The number of methoxy groups -OCH3 is 1. The smallest absolute Gasteiger partial charge is 0.253 e. The number of amides is 2. The molecule has 2 aliphatic heterocycles. The Balaban J connectivity index is 0.00000225. The SMILES string of the molecule is COc1ccc(C(=O)N2CCN(C(=O)C3CCNCC3)CC2)cc1.Cl. The Morgan fingerprint density at radius 3 is 2.12 bits per heavy atom. The van der Waals surface area contributed by atoms with E-state index >= 15 is 0 Å². The maximum absolute atomic E-state index is 12.6. The molecule has 25 heavy (non-hydrogen) atoms. The molecule has 0 saturated carbocycles. The van der Waals surface area contributed by atoms with Crippen LogP contribution < -0.4 is 10.1 Å². The third kappa shape index (κ3) is 4.64. The van der Waals surface area contributed by atoms with Gasteiger partial charge in [-0.05, 0) is 50.2 Å². The molecule has 2 amide bonds. The Hall–Kier alpha value is -1.79. The van der Waals surface area contributed by atoms with Gasteiger partial charge in [0.2, 0.25) is 5.91 Å². The van der Waals surface area contributed by atoms with Crippen molar-refractivity contribution in [1.82, 2.24) is 15.1 Å². The summed E-state index contributed by atoms with van der Waals surface area (Å²) in [7, 11) is 1.61. The Morgan fingerprint density at radius 1 is 1.00 bits per heavy atom. The van der Waals surface area contributed by atoms with Crippen molar-refractivity contribution in [3.63, 3.8) is 0 Å². The highest BCUT2D eigenvalue weighted by atomic mass is 35.5. The van der Waals surface area contributed by atoms with Crippen LogP contribution in [0.3, 0.4) is 0 Å². The molecular weight excluding hydrogens is 342 g/mol. The van der Waals surface area contributed by atoms with E-state index in [1.54, 1.807) is 31.4 Å². The topological polar surface area (TPSA) is 61.9 Å². The van der Waals surface area contributed by atoms with Gasteiger partial charge in [-0.25, -0.2) is 0 Å². The Bertz CT molecular complexity index is 580. The predicted octanol–water partition coefficient (Wildman–Crippen LogP) is 1.40. The van der Waals surface area contributed by atoms with Crippen molar-refractivity contribution in [2.24, 2.45) is 5.92 Å². The first-order valence-corrected chi connectivity index (χ1v) is 8.62. The molecule has 138 valence electrons. The second kappa shape index (κ2) is 9.06. The molecule has 0 aliphatic carbocycles. The molecule has 0 aromatic heterocycles. The van der Waals surface area contributed by atoms with Crippen molar-refractivity contribution >= 4 is 24.2 Å². The zero-order chi connectivity index (χ0) is 16.9. The van der Waals surface area contributed by atoms with Gasteiger partial charge < -0.3 is 19.9 Å². The van der Waals surface area contributed by atoms with Crippen LogP contribution in [0.1, 0.15) is 23.2 Å². The number of carbonyl (C=O) groups excluding carboxylic acids is 2. The second-order valence-corrected chi connectivity index (χ2v) is 6.37. The second-order valence-electron chi connectivity index (χ2n) is 6.37. The van der Waals surface area contributed by atoms with Crippen LogP contribution in [-0.2, 0) is 4.79 Å². The number of piperidine rings is 1. The number of halogens is 1. The van der Waals surface area contributed by atoms with Gasteiger partial charge >= 0.3 is 0 Å². The molecule has 1 N–H and O–H groups in total. The van der Waals surface area contributed by atoms with E-state index < -0.39 is 0 Å². The zero-order valence-electron chi connectivity index (χ0n) is 14.6. The molecule has 1 aromatic rings. The summed E-state index contributed by atoms with van der Waals surface area (Å²) in [6, 6.07) is 7.16. The lowest BCUT2D eigenvalue weighted by molar-refractivity contribution is -0.137. The largest absolute Gasteiger partial charge is 0.497 e. The van der Waals surface area contributed by atoms with Crippen molar-refractivity contribution in [3.8, 4) is 5.75 Å². The lowest BCUT2D eigenvalue weighted by Gasteiger charge is -2.37. The summed E-state index contributed by atoms with van der Waals surface area (Å²) in [5, 5.41) is 3.29. The average molecular weight is 368 g/mol. The lowest BCUT2D eigenvalue weighted by atomic mass is 9.96. The Labute approximate surface area is 154 Å². The quantitative estimate of drug-likeness (QED) is 0.877. The molecule has 2 aliphatic rings. The Kier molecular flexibility index (Phi) is 7.08. The van der Waals surface area contributed by atoms with E-state index in [-0.39, 0.29) is 30.1 Å². The number of nitrogens with zero attached hydrogens (tertiary/aromatic N) is 2. The average Bonchev–Trinajstić information content (AvgIpc) is 2.68.